The minimum absolute atomic E-state index is 0.199. The van der Waals surface area contributed by atoms with Gasteiger partial charge in [-0.3, -0.25) is 0 Å². The summed E-state index contributed by atoms with van der Waals surface area (Å²) in [5.41, 5.74) is 2.21. The van der Waals surface area contributed by atoms with Gasteiger partial charge in [0.1, 0.15) is 0 Å². The molecule has 0 aliphatic carbocycles. The molecular weight excluding hydrogens is 330 g/mol. The van der Waals surface area contributed by atoms with Gasteiger partial charge in [-0.15, -0.1) is 0 Å². The Kier molecular flexibility index (Phi) is 5.02. The Hall–Kier alpha value is -1.81. The van der Waals surface area contributed by atoms with Crippen LogP contribution in [0.2, 0.25) is 0 Å². The van der Waals surface area contributed by atoms with Gasteiger partial charge in [0, 0.05) is 17.1 Å². The van der Waals surface area contributed by atoms with Crippen LogP contribution in [0.25, 0.3) is 0 Å². The molecule has 0 aliphatic heterocycles. The number of rotatable bonds is 5. The van der Waals surface area contributed by atoms with E-state index in [1.54, 1.807) is 6.07 Å². The van der Waals surface area contributed by atoms with Crippen LogP contribution in [0.5, 0.6) is 0 Å². The maximum atomic E-state index is 11.5. The van der Waals surface area contributed by atoms with Crippen molar-refractivity contribution in [2.75, 3.05) is 4.90 Å². The lowest BCUT2D eigenvalue weighted by molar-refractivity contribution is 0.0697. The quantitative estimate of drug-likeness (QED) is 0.861. The number of carboxylic acid groups (broad SMARTS) is 1. The van der Waals surface area contributed by atoms with Crippen LogP contribution in [0.3, 0.4) is 0 Å². The zero-order chi connectivity index (χ0) is 15.4. The van der Waals surface area contributed by atoms with E-state index < -0.39 is 5.97 Å². The molecular formula is C17H18BrNO2. The summed E-state index contributed by atoms with van der Waals surface area (Å²) < 4.78 is 0.770. The summed E-state index contributed by atoms with van der Waals surface area (Å²) in [4.78, 5) is 13.6. The van der Waals surface area contributed by atoms with Crippen molar-refractivity contribution < 1.29 is 9.90 Å². The molecule has 2 aromatic carbocycles. The number of halogens is 1. The summed E-state index contributed by atoms with van der Waals surface area (Å²) in [6.07, 6.45) is 0. The van der Waals surface area contributed by atoms with E-state index >= 15 is 0 Å². The zero-order valence-corrected chi connectivity index (χ0v) is 13.7. The fraction of sp³-hybridized carbons (Fsp3) is 0.235. The number of carboxylic acids is 1. The third kappa shape index (κ3) is 3.85. The van der Waals surface area contributed by atoms with Gasteiger partial charge in [-0.2, -0.15) is 0 Å². The minimum Gasteiger partial charge on any atom is -0.478 e. The second-order valence-corrected chi connectivity index (χ2v) is 6.09. The number of hydrogen-bond donors (Lipinski definition) is 1. The first-order valence-electron chi connectivity index (χ1n) is 6.82. The van der Waals surface area contributed by atoms with Gasteiger partial charge in [-0.25, -0.2) is 4.79 Å². The lowest BCUT2D eigenvalue weighted by atomic mass is 10.1. The molecule has 0 unspecified atom stereocenters. The second kappa shape index (κ2) is 6.76. The van der Waals surface area contributed by atoms with Crippen LogP contribution in [-0.2, 0) is 6.54 Å². The molecule has 0 fully saturated rings. The Labute approximate surface area is 133 Å². The van der Waals surface area contributed by atoms with E-state index in [2.05, 4.69) is 46.8 Å². The number of benzene rings is 2. The van der Waals surface area contributed by atoms with Gasteiger partial charge in [-0.05, 0) is 37.6 Å². The highest BCUT2D eigenvalue weighted by molar-refractivity contribution is 9.10. The largest absolute Gasteiger partial charge is 0.478 e. The average Bonchev–Trinajstić information content (AvgIpc) is 2.46. The number of hydrogen-bond acceptors (Lipinski definition) is 2. The monoisotopic (exact) mass is 347 g/mol. The Morgan fingerprint density at radius 3 is 2.43 bits per heavy atom. The highest BCUT2D eigenvalue weighted by Gasteiger charge is 2.19. The van der Waals surface area contributed by atoms with Crippen molar-refractivity contribution in [3.8, 4) is 0 Å². The first-order valence-corrected chi connectivity index (χ1v) is 7.61. The standard InChI is InChI=1S/C17H18BrNO2/c1-12(2)19(11-13-6-4-3-5-7-13)16-9-8-14(18)10-15(16)17(20)21/h3-10,12H,11H2,1-2H3,(H,20,21). The normalized spacial score (nSPS) is 10.7. The maximum absolute atomic E-state index is 11.5. The highest BCUT2D eigenvalue weighted by Crippen LogP contribution is 2.27. The van der Waals surface area contributed by atoms with E-state index in [9.17, 15) is 9.90 Å². The number of aromatic carboxylic acids is 1. The van der Waals surface area contributed by atoms with Crippen LogP contribution in [0.4, 0.5) is 5.69 Å². The van der Waals surface area contributed by atoms with Gasteiger partial charge in [0.15, 0.2) is 0 Å². The molecule has 0 spiro atoms. The van der Waals surface area contributed by atoms with Gasteiger partial charge >= 0.3 is 5.97 Å². The van der Waals surface area contributed by atoms with E-state index in [0.29, 0.717) is 12.1 Å². The SMILES string of the molecule is CC(C)N(Cc1ccccc1)c1ccc(Br)cc1C(=O)O. The zero-order valence-electron chi connectivity index (χ0n) is 12.1. The third-order valence-corrected chi connectivity index (χ3v) is 3.81. The molecule has 1 N–H and O–H groups in total. The van der Waals surface area contributed by atoms with E-state index in [1.165, 1.54) is 0 Å². The first kappa shape index (κ1) is 15.6. The van der Waals surface area contributed by atoms with Crippen LogP contribution in [0, 0.1) is 0 Å². The Morgan fingerprint density at radius 1 is 1.19 bits per heavy atom. The van der Waals surface area contributed by atoms with Gasteiger partial charge in [-0.1, -0.05) is 46.3 Å². The van der Waals surface area contributed by atoms with Crippen LogP contribution in [0.15, 0.2) is 53.0 Å². The lowest BCUT2D eigenvalue weighted by Crippen LogP contribution is -2.31. The van der Waals surface area contributed by atoms with Crippen molar-refractivity contribution in [3.63, 3.8) is 0 Å². The molecule has 0 heterocycles. The fourth-order valence-electron chi connectivity index (χ4n) is 2.26. The van der Waals surface area contributed by atoms with Crippen LogP contribution in [0.1, 0.15) is 29.8 Å². The molecule has 0 aromatic heterocycles. The van der Waals surface area contributed by atoms with Gasteiger partial charge < -0.3 is 10.0 Å². The van der Waals surface area contributed by atoms with Crippen LogP contribution >= 0.6 is 15.9 Å². The summed E-state index contributed by atoms with van der Waals surface area (Å²) in [5, 5.41) is 9.44. The highest BCUT2D eigenvalue weighted by atomic mass is 79.9. The summed E-state index contributed by atoms with van der Waals surface area (Å²) in [6.45, 7) is 4.81. The smallest absolute Gasteiger partial charge is 0.337 e. The average molecular weight is 348 g/mol. The van der Waals surface area contributed by atoms with E-state index in [4.69, 9.17) is 0 Å². The topological polar surface area (TPSA) is 40.5 Å². The minimum atomic E-state index is -0.912. The molecule has 0 bridgehead atoms. The molecule has 2 rings (SSSR count). The number of anilines is 1. The summed E-state index contributed by atoms with van der Waals surface area (Å²) >= 11 is 3.34. The molecule has 0 saturated carbocycles. The summed E-state index contributed by atoms with van der Waals surface area (Å²) in [6, 6.07) is 15.6. The molecule has 3 nitrogen and oxygen atoms in total. The van der Waals surface area contributed by atoms with Gasteiger partial charge in [0.2, 0.25) is 0 Å². The molecule has 0 aliphatic rings. The van der Waals surface area contributed by atoms with Gasteiger partial charge in [0.05, 0.1) is 11.3 Å². The summed E-state index contributed by atoms with van der Waals surface area (Å²) in [7, 11) is 0. The fourth-order valence-corrected chi connectivity index (χ4v) is 2.62. The predicted molar refractivity (Wildman–Crippen MR) is 88.9 cm³/mol. The molecule has 4 heteroatoms. The Balaban J connectivity index is 2.41. The van der Waals surface area contributed by atoms with Crippen molar-refractivity contribution in [2.45, 2.75) is 26.4 Å². The third-order valence-electron chi connectivity index (χ3n) is 3.32. The molecule has 21 heavy (non-hydrogen) atoms. The van der Waals surface area contributed by atoms with Crippen molar-refractivity contribution in [2.24, 2.45) is 0 Å². The van der Waals surface area contributed by atoms with E-state index in [-0.39, 0.29) is 6.04 Å². The van der Waals surface area contributed by atoms with E-state index in [0.717, 1.165) is 15.7 Å². The molecule has 0 radical (unpaired) electrons. The molecule has 2 aromatic rings. The molecule has 0 atom stereocenters. The molecule has 0 saturated heterocycles. The number of carbonyl (C=O) groups is 1. The maximum Gasteiger partial charge on any atom is 0.337 e. The van der Waals surface area contributed by atoms with E-state index in [1.807, 2.05) is 30.3 Å². The van der Waals surface area contributed by atoms with Crippen LogP contribution in [-0.4, -0.2) is 17.1 Å². The molecule has 110 valence electrons. The van der Waals surface area contributed by atoms with Gasteiger partial charge in [0.25, 0.3) is 0 Å². The van der Waals surface area contributed by atoms with Crippen molar-refractivity contribution in [1.82, 2.24) is 0 Å². The number of nitrogens with zero attached hydrogens (tertiary/aromatic N) is 1. The molecule has 0 amide bonds. The lowest BCUT2D eigenvalue weighted by Gasteiger charge is -2.30. The van der Waals surface area contributed by atoms with Crippen LogP contribution < -0.4 is 4.90 Å². The Bertz CT molecular complexity index is 626. The first-order chi connectivity index (χ1) is 9.99. The second-order valence-electron chi connectivity index (χ2n) is 5.17. The summed E-state index contributed by atoms with van der Waals surface area (Å²) in [5.74, 6) is -0.912. The Morgan fingerprint density at radius 2 is 1.86 bits per heavy atom. The van der Waals surface area contributed by atoms with Crippen molar-refractivity contribution in [1.29, 1.82) is 0 Å². The van der Waals surface area contributed by atoms with Crippen molar-refractivity contribution >= 4 is 27.6 Å². The van der Waals surface area contributed by atoms with Crippen molar-refractivity contribution in [3.05, 3.63) is 64.1 Å². The predicted octanol–water partition coefficient (Wildman–Crippen LogP) is 4.56.